The van der Waals surface area contributed by atoms with Gasteiger partial charge in [-0.15, -0.1) is 11.3 Å². The van der Waals surface area contributed by atoms with Crippen LogP contribution < -0.4 is 19.9 Å². The molecule has 0 aliphatic carbocycles. The molecule has 0 aliphatic rings. The number of benzene rings is 1. The number of hydrogen-bond donors (Lipinski definition) is 1. The molecule has 0 saturated carbocycles. The molecule has 0 fully saturated rings. The highest BCUT2D eigenvalue weighted by molar-refractivity contribution is 7.81. The van der Waals surface area contributed by atoms with Crippen molar-refractivity contribution in [2.24, 2.45) is 0 Å². The Kier molecular flexibility index (Phi) is 5.83. The number of thiocarbonyl (C=S) groups is 1. The monoisotopic (exact) mass is 399 g/mol. The number of nitrogens with one attached hydrogen (secondary N) is 1. The summed E-state index contributed by atoms with van der Waals surface area (Å²) in [6.07, 6.45) is 3.54. The van der Waals surface area contributed by atoms with Gasteiger partial charge in [0.1, 0.15) is 5.82 Å². The molecule has 3 rings (SSSR count). The number of aromatic nitrogens is 1. The van der Waals surface area contributed by atoms with E-state index in [2.05, 4.69) is 5.32 Å². The molecule has 1 aromatic carbocycles. The van der Waals surface area contributed by atoms with Gasteiger partial charge in [0.15, 0.2) is 17.4 Å². The molecule has 0 saturated heterocycles. The smallest absolute Gasteiger partial charge is 0.239 e. The highest BCUT2D eigenvalue weighted by atomic mass is 32.1. The van der Waals surface area contributed by atoms with Crippen LogP contribution in [0.25, 0.3) is 11.5 Å². The fraction of sp³-hybridized carbons (Fsp3) is 0.100. The molecule has 7 heteroatoms. The van der Waals surface area contributed by atoms with Crippen LogP contribution in [0.3, 0.4) is 0 Å². The maximum Gasteiger partial charge on any atom is 0.239 e. The molecule has 4 nitrogen and oxygen atoms in total. The van der Waals surface area contributed by atoms with E-state index in [-0.39, 0.29) is 22.1 Å². The average molecular weight is 400 g/mol. The van der Waals surface area contributed by atoms with Crippen LogP contribution in [0.1, 0.15) is 4.88 Å². The van der Waals surface area contributed by atoms with Crippen LogP contribution >= 0.6 is 23.6 Å². The second-order valence-electron chi connectivity index (χ2n) is 5.95. The van der Waals surface area contributed by atoms with Gasteiger partial charge in [0.25, 0.3) is 0 Å². The minimum absolute atomic E-state index is 0.154. The molecule has 2 aromatic heterocycles. The highest BCUT2D eigenvalue weighted by Gasteiger charge is 2.20. The second kappa shape index (κ2) is 8.28. The number of thiophene rings is 1. The zero-order chi connectivity index (χ0) is 19.4. The minimum atomic E-state index is -0.435. The summed E-state index contributed by atoms with van der Waals surface area (Å²) in [5.41, 5.74) is 1.48. The lowest BCUT2D eigenvalue weighted by Crippen LogP contribution is -2.40. The summed E-state index contributed by atoms with van der Waals surface area (Å²) in [6, 6.07) is 13.5. The molecule has 1 N–H and O–H groups in total. The van der Waals surface area contributed by atoms with E-state index in [0.717, 1.165) is 5.69 Å². The summed E-state index contributed by atoms with van der Waals surface area (Å²) in [7, 11) is 3.87. The van der Waals surface area contributed by atoms with E-state index < -0.39 is 5.82 Å². The lowest BCUT2D eigenvalue weighted by atomic mass is 10.2. The van der Waals surface area contributed by atoms with Crippen LogP contribution in [-0.4, -0.2) is 19.1 Å². The first-order valence-corrected chi connectivity index (χ1v) is 9.46. The second-order valence-corrected chi connectivity index (χ2v) is 7.30. The number of hydrogen-bond acceptors (Lipinski definition) is 4. The van der Waals surface area contributed by atoms with Crippen molar-refractivity contribution in [3.05, 3.63) is 77.0 Å². The molecule has 3 aromatic rings. The highest BCUT2D eigenvalue weighted by Crippen LogP contribution is 2.22. The van der Waals surface area contributed by atoms with Gasteiger partial charge < -0.3 is 15.3 Å². The molecule has 138 valence electrons. The molecule has 27 heavy (non-hydrogen) atoms. The largest absolute Gasteiger partial charge is 0.867 e. The summed E-state index contributed by atoms with van der Waals surface area (Å²) in [4.78, 5) is 2.68. The van der Waals surface area contributed by atoms with E-state index in [0.29, 0.717) is 4.88 Å². The van der Waals surface area contributed by atoms with Crippen molar-refractivity contribution in [2.45, 2.75) is 0 Å². The molecule has 0 aliphatic heterocycles. The first kappa shape index (κ1) is 19.0. The van der Waals surface area contributed by atoms with Gasteiger partial charge >= 0.3 is 0 Å². The Balaban J connectivity index is 2.04. The molecule has 0 spiro atoms. The molecule has 0 atom stereocenters. The Hall–Kier alpha value is -2.77. The van der Waals surface area contributed by atoms with Gasteiger partial charge in [0, 0.05) is 36.8 Å². The van der Waals surface area contributed by atoms with E-state index in [1.165, 1.54) is 17.4 Å². The topological polar surface area (TPSA) is 42.2 Å². The van der Waals surface area contributed by atoms with Crippen LogP contribution in [0.5, 0.6) is 0 Å². The van der Waals surface area contributed by atoms with Gasteiger partial charge in [-0.25, -0.2) is 4.39 Å². The van der Waals surface area contributed by atoms with Crippen molar-refractivity contribution in [3.8, 4) is 0 Å². The van der Waals surface area contributed by atoms with Crippen molar-refractivity contribution in [3.63, 3.8) is 0 Å². The maximum absolute atomic E-state index is 14.0. The van der Waals surface area contributed by atoms with Crippen molar-refractivity contribution in [2.75, 3.05) is 24.3 Å². The number of rotatable bonds is 5. The van der Waals surface area contributed by atoms with E-state index in [4.69, 9.17) is 12.2 Å². The van der Waals surface area contributed by atoms with Crippen LogP contribution in [0.2, 0.25) is 0 Å². The molecule has 0 amide bonds. The fourth-order valence-electron chi connectivity index (χ4n) is 2.47. The lowest BCUT2D eigenvalue weighted by molar-refractivity contribution is -0.577. The Morgan fingerprint density at radius 2 is 1.81 bits per heavy atom. The van der Waals surface area contributed by atoms with Crippen molar-refractivity contribution < 1.29 is 14.1 Å². The standard InChI is InChI=1S/C20H18FN3OS2/c1-23(2)14-9-11-24(12-10-14)18(19(25)17-8-5-13-27-17)20(26)22-16-7-4-3-6-15(16)21/h3-13H,1-2H3,(H-,22,25,26). The minimum Gasteiger partial charge on any atom is -0.867 e. The Bertz CT molecular complexity index is 967. The van der Waals surface area contributed by atoms with Crippen LogP contribution in [0, 0.1) is 5.82 Å². The average Bonchev–Trinajstić information content (AvgIpc) is 3.19. The SMILES string of the molecule is CN(C)c1cc[n+](C(C(=S)Nc2ccccc2F)=C([O-])c2cccs2)cc1. The fourth-order valence-corrected chi connectivity index (χ4v) is 3.44. The maximum atomic E-state index is 14.0. The zero-order valence-electron chi connectivity index (χ0n) is 14.8. The molecule has 2 heterocycles. The van der Waals surface area contributed by atoms with E-state index >= 15 is 0 Å². The summed E-state index contributed by atoms with van der Waals surface area (Å²) < 4.78 is 15.7. The number of pyridine rings is 1. The van der Waals surface area contributed by atoms with Gasteiger partial charge in [0.05, 0.1) is 5.69 Å². The number of halogens is 1. The zero-order valence-corrected chi connectivity index (χ0v) is 16.5. The van der Waals surface area contributed by atoms with Gasteiger partial charge in [-0.2, -0.15) is 4.57 Å². The van der Waals surface area contributed by atoms with Crippen LogP contribution in [0.15, 0.2) is 66.3 Å². The predicted octanol–water partition coefficient (Wildman–Crippen LogP) is 3.37. The molecule has 0 bridgehead atoms. The predicted molar refractivity (Wildman–Crippen MR) is 111 cm³/mol. The van der Waals surface area contributed by atoms with E-state index in [1.54, 1.807) is 41.2 Å². The van der Waals surface area contributed by atoms with Crippen molar-refractivity contribution in [1.29, 1.82) is 0 Å². The lowest BCUT2D eigenvalue weighted by Gasteiger charge is -2.16. The van der Waals surface area contributed by atoms with Gasteiger partial charge in [-0.3, -0.25) is 0 Å². The van der Waals surface area contributed by atoms with Gasteiger partial charge in [-0.1, -0.05) is 30.4 Å². The summed E-state index contributed by atoms with van der Waals surface area (Å²) >= 11 is 6.81. The third kappa shape index (κ3) is 4.32. The third-order valence-corrected chi connectivity index (χ3v) is 5.05. The number of para-hydroxylation sites is 1. The number of anilines is 2. The van der Waals surface area contributed by atoms with Crippen molar-refractivity contribution in [1.82, 2.24) is 0 Å². The Labute approximate surface area is 166 Å². The number of nitrogens with zero attached hydrogens (tertiary/aromatic N) is 2. The normalized spacial score (nSPS) is 11.7. The first-order valence-electron chi connectivity index (χ1n) is 8.17. The summed E-state index contributed by atoms with van der Waals surface area (Å²) in [5, 5.41) is 17.8. The van der Waals surface area contributed by atoms with E-state index in [1.807, 2.05) is 42.6 Å². The molecular formula is C20H18FN3OS2. The third-order valence-electron chi connectivity index (χ3n) is 3.88. The summed E-state index contributed by atoms with van der Waals surface area (Å²) in [5.74, 6) is -0.655. The van der Waals surface area contributed by atoms with Gasteiger partial charge in [0.2, 0.25) is 5.70 Å². The Morgan fingerprint density at radius 1 is 1.11 bits per heavy atom. The molecule has 0 unspecified atom stereocenters. The van der Waals surface area contributed by atoms with Crippen LogP contribution in [0.4, 0.5) is 15.8 Å². The molecular weight excluding hydrogens is 381 g/mol. The molecule has 0 radical (unpaired) electrons. The quantitative estimate of drug-likeness (QED) is 0.309. The van der Waals surface area contributed by atoms with Gasteiger partial charge in [-0.05, 0) is 29.3 Å². The van der Waals surface area contributed by atoms with Crippen molar-refractivity contribution >= 4 is 51.4 Å². The van der Waals surface area contributed by atoms with E-state index in [9.17, 15) is 9.50 Å². The van der Waals surface area contributed by atoms with Crippen LogP contribution in [-0.2, 0) is 0 Å². The Morgan fingerprint density at radius 3 is 2.41 bits per heavy atom. The summed E-state index contributed by atoms with van der Waals surface area (Å²) in [6.45, 7) is 0. The first-order chi connectivity index (χ1) is 13.0.